The van der Waals surface area contributed by atoms with Crippen LogP contribution in [0.5, 0.6) is 0 Å². The maximum absolute atomic E-state index is 14.1. The standard InChI is InChI=1S/C25H24FN5O4/c1-3-35-25(34)21-14(2)28-29-22(21)31-11-9-20-17(24(31)33)12-16-19(27-20)8-10-30(23(16)32)13-15-6-4-5-7-18(15)26/h4-12,14,21-22,28-29H,3,13H2,1-2H3. The van der Waals surface area contributed by atoms with Gasteiger partial charge in [0.05, 0.1) is 35.0 Å². The van der Waals surface area contributed by atoms with Crippen molar-refractivity contribution < 1.29 is 13.9 Å². The lowest BCUT2D eigenvalue weighted by atomic mass is 10.00. The van der Waals surface area contributed by atoms with Gasteiger partial charge in [-0.3, -0.25) is 24.4 Å². The molecule has 4 aromatic rings. The zero-order chi connectivity index (χ0) is 24.7. The van der Waals surface area contributed by atoms with Crippen molar-refractivity contribution in [2.24, 2.45) is 5.92 Å². The van der Waals surface area contributed by atoms with Crippen LogP contribution in [0.25, 0.3) is 21.8 Å². The number of nitrogens with zero attached hydrogens (tertiary/aromatic N) is 3. The van der Waals surface area contributed by atoms with Crippen LogP contribution >= 0.6 is 0 Å². The van der Waals surface area contributed by atoms with E-state index in [1.54, 1.807) is 49.6 Å². The molecule has 0 radical (unpaired) electrons. The SMILES string of the molecule is CCOC(=O)C1C(C)NNC1n1ccc2nc3ccn(Cc4ccccc4F)c(=O)c3cc2c1=O. The predicted molar refractivity (Wildman–Crippen MR) is 128 cm³/mol. The summed E-state index contributed by atoms with van der Waals surface area (Å²) in [5.74, 6) is -1.44. The zero-order valence-electron chi connectivity index (χ0n) is 19.2. The van der Waals surface area contributed by atoms with E-state index in [2.05, 4.69) is 15.8 Å². The van der Waals surface area contributed by atoms with E-state index in [1.807, 2.05) is 6.92 Å². The molecule has 3 unspecified atom stereocenters. The monoisotopic (exact) mass is 477 g/mol. The Morgan fingerprint density at radius 3 is 2.51 bits per heavy atom. The molecule has 35 heavy (non-hydrogen) atoms. The van der Waals surface area contributed by atoms with Gasteiger partial charge in [0.15, 0.2) is 0 Å². The molecule has 1 aliphatic rings. The second-order valence-corrected chi connectivity index (χ2v) is 8.52. The van der Waals surface area contributed by atoms with Gasteiger partial charge in [-0.1, -0.05) is 18.2 Å². The van der Waals surface area contributed by atoms with Gasteiger partial charge in [0, 0.05) is 24.0 Å². The van der Waals surface area contributed by atoms with Gasteiger partial charge in [-0.2, -0.15) is 0 Å². The largest absolute Gasteiger partial charge is 0.466 e. The lowest BCUT2D eigenvalue weighted by molar-refractivity contribution is -0.149. The minimum atomic E-state index is -0.676. The number of nitrogens with one attached hydrogen (secondary N) is 2. The summed E-state index contributed by atoms with van der Waals surface area (Å²) in [6.45, 7) is 3.84. The van der Waals surface area contributed by atoms with Crippen molar-refractivity contribution in [1.29, 1.82) is 0 Å². The maximum atomic E-state index is 14.1. The van der Waals surface area contributed by atoms with Crippen LogP contribution in [0.2, 0.25) is 0 Å². The summed E-state index contributed by atoms with van der Waals surface area (Å²) >= 11 is 0. The average Bonchev–Trinajstić information content (AvgIpc) is 3.23. The fraction of sp³-hybridized carbons (Fsp3) is 0.280. The molecule has 2 N–H and O–H groups in total. The van der Waals surface area contributed by atoms with Gasteiger partial charge in [0.2, 0.25) is 0 Å². The smallest absolute Gasteiger partial charge is 0.314 e. The van der Waals surface area contributed by atoms with E-state index in [9.17, 15) is 18.8 Å². The number of rotatable bonds is 5. The van der Waals surface area contributed by atoms with Gasteiger partial charge < -0.3 is 9.30 Å². The van der Waals surface area contributed by atoms with Crippen LogP contribution in [0.1, 0.15) is 25.6 Å². The van der Waals surface area contributed by atoms with Crippen LogP contribution in [0.3, 0.4) is 0 Å². The van der Waals surface area contributed by atoms with Crippen molar-refractivity contribution >= 4 is 27.8 Å². The molecule has 0 aliphatic carbocycles. The van der Waals surface area contributed by atoms with Crippen molar-refractivity contribution in [3.8, 4) is 0 Å². The molecule has 1 aromatic carbocycles. The molecule has 180 valence electrons. The summed E-state index contributed by atoms with van der Waals surface area (Å²) in [6, 6.07) is 10.9. The Kier molecular flexibility index (Phi) is 5.91. The number of hydrazine groups is 1. The molecule has 0 saturated carbocycles. The zero-order valence-corrected chi connectivity index (χ0v) is 19.2. The molecule has 0 amide bonds. The van der Waals surface area contributed by atoms with E-state index < -0.39 is 29.4 Å². The number of carbonyl (C=O) groups is 1. The van der Waals surface area contributed by atoms with E-state index in [0.29, 0.717) is 16.6 Å². The molecule has 1 saturated heterocycles. The van der Waals surface area contributed by atoms with Crippen molar-refractivity contribution in [3.05, 3.63) is 86.9 Å². The lowest BCUT2D eigenvalue weighted by Gasteiger charge is -2.21. The minimum Gasteiger partial charge on any atom is -0.466 e. The highest BCUT2D eigenvalue weighted by Crippen LogP contribution is 2.25. The number of hydrogen-bond donors (Lipinski definition) is 2. The first-order valence-electron chi connectivity index (χ1n) is 11.3. The molecule has 9 nitrogen and oxygen atoms in total. The first-order chi connectivity index (χ1) is 16.9. The summed E-state index contributed by atoms with van der Waals surface area (Å²) in [5.41, 5.74) is 6.45. The van der Waals surface area contributed by atoms with Crippen LogP contribution in [-0.2, 0) is 16.1 Å². The van der Waals surface area contributed by atoms with E-state index in [4.69, 9.17) is 4.74 Å². The molecular formula is C25H24FN5O4. The van der Waals surface area contributed by atoms with Gasteiger partial charge in [0.25, 0.3) is 11.1 Å². The Hall–Kier alpha value is -3.89. The van der Waals surface area contributed by atoms with E-state index in [-0.39, 0.29) is 35.5 Å². The molecule has 3 aromatic heterocycles. The summed E-state index contributed by atoms with van der Waals surface area (Å²) in [4.78, 5) is 43.7. The number of fused-ring (bicyclic) bond motifs is 2. The molecule has 4 heterocycles. The average molecular weight is 477 g/mol. The number of aromatic nitrogens is 3. The second kappa shape index (κ2) is 9.05. The molecule has 1 aliphatic heterocycles. The first kappa shape index (κ1) is 22.9. The molecule has 0 spiro atoms. The van der Waals surface area contributed by atoms with Gasteiger partial charge in [-0.05, 0) is 38.1 Å². The van der Waals surface area contributed by atoms with Gasteiger partial charge in [-0.25, -0.2) is 14.8 Å². The number of ether oxygens (including phenoxy) is 1. The highest BCUT2D eigenvalue weighted by Gasteiger charge is 2.41. The van der Waals surface area contributed by atoms with Crippen LogP contribution in [0.15, 0.2) is 64.4 Å². The first-order valence-corrected chi connectivity index (χ1v) is 11.3. The third kappa shape index (κ3) is 4.00. The van der Waals surface area contributed by atoms with Crippen molar-refractivity contribution in [3.63, 3.8) is 0 Å². The molecule has 0 bridgehead atoms. The number of hydrogen-bond acceptors (Lipinski definition) is 7. The Morgan fingerprint density at radius 1 is 1.06 bits per heavy atom. The Balaban J connectivity index is 1.60. The summed E-state index contributed by atoms with van der Waals surface area (Å²) in [5, 5.41) is 0.490. The fourth-order valence-electron chi connectivity index (χ4n) is 4.52. The third-order valence-corrected chi connectivity index (χ3v) is 6.34. The highest BCUT2D eigenvalue weighted by atomic mass is 19.1. The molecule has 3 atom stereocenters. The molecule has 1 fully saturated rings. The number of benzene rings is 1. The Morgan fingerprint density at radius 2 is 1.77 bits per heavy atom. The lowest BCUT2D eigenvalue weighted by Crippen LogP contribution is -2.38. The second-order valence-electron chi connectivity index (χ2n) is 8.52. The van der Waals surface area contributed by atoms with Gasteiger partial charge >= 0.3 is 5.97 Å². The molecule has 5 rings (SSSR count). The van der Waals surface area contributed by atoms with E-state index in [0.717, 1.165) is 0 Å². The van der Waals surface area contributed by atoms with Crippen LogP contribution < -0.4 is 22.0 Å². The van der Waals surface area contributed by atoms with E-state index >= 15 is 0 Å². The Labute approximate surface area is 199 Å². The highest BCUT2D eigenvalue weighted by molar-refractivity contribution is 5.91. The minimum absolute atomic E-state index is 0.0509. The van der Waals surface area contributed by atoms with Crippen molar-refractivity contribution in [1.82, 2.24) is 25.0 Å². The summed E-state index contributed by atoms with van der Waals surface area (Å²) in [6.07, 6.45) is 2.47. The predicted octanol–water partition coefficient (Wildman–Crippen LogP) is 2.07. The van der Waals surface area contributed by atoms with Crippen LogP contribution in [0.4, 0.5) is 4.39 Å². The maximum Gasteiger partial charge on any atom is 0.314 e. The number of halogens is 1. The summed E-state index contributed by atoms with van der Waals surface area (Å²) < 4.78 is 22.1. The third-order valence-electron chi connectivity index (χ3n) is 6.34. The topological polar surface area (TPSA) is 107 Å². The summed E-state index contributed by atoms with van der Waals surface area (Å²) in [7, 11) is 0. The Bertz CT molecular complexity index is 1560. The number of pyridine rings is 3. The quantitative estimate of drug-likeness (QED) is 0.335. The number of esters is 1. The molecule has 10 heteroatoms. The normalized spacial score (nSPS) is 19.9. The van der Waals surface area contributed by atoms with Crippen molar-refractivity contribution in [2.45, 2.75) is 32.6 Å². The van der Waals surface area contributed by atoms with Gasteiger partial charge in [-0.15, -0.1) is 0 Å². The fourth-order valence-corrected chi connectivity index (χ4v) is 4.52. The van der Waals surface area contributed by atoms with Crippen LogP contribution in [-0.4, -0.2) is 32.7 Å². The number of carbonyl (C=O) groups excluding carboxylic acids is 1. The van der Waals surface area contributed by atoms with Gasteiger partial charge in [0.1, 0.15) is 17.9 Å². The van der Waals surface area contributed by atoms with Crippen molar-refractivity contribution in [2.75, 3.05) is 6.61 Å². The van der Waals surface area contributed by atoms with E-state index in [1.165, 1.54) is 21.3 Å². The van der Waals surface area contributed by atoms with Crippen LogP contribution in [0, 0.1) is 11.7 Å². The molecular weight excluding hydrogens is 453 g/mol.